The van der Waals surface area contributed by atoms with Gasteiger partial charge in [-0.2, -0.15) is 0 Å². The first-order valence-corrected chi connectivity index (χ1v) is 8.57. The second-order valence-corrected chi connectivity index (χ2v) is 6.74. The summed E-state index contributed by atoms with van der Waals surface area (Å²) < 4.78 is 14.4. The molecule has 0 bridgehead atoms. The molecule has 21 heavy (non-hydrogen) atoms. The summed E-state index contributed by atoms with van der Waals surface area (Å²) in [7, 11) is 0. The fourth-order valence-electron chi connectivity index (χ4n) is 2.30. The van der Waals surface area contributed by atoms with Crippen LogP contribution in [0.5, 0.6) is 0 Å². The zero-order valence-electron chi connectivity index (χ0n) is 11.1. The second kappa shape index (κ2) is 7.32. The zero-order valence-corrected chi connectivity index (χ0v) is 14.9. The molecule has 0 aliphatic heterocycles. The highest BCUT2D eigenvalue weighted by Crippen LogP contribution is 2.37. The van der Waals surface area contributed by atoms with Gasteiger partial charge in [0, 0.05) is 26.7 Å². The molecule has 0 aliphatic carbocycles. The highest BCUT2D eigenvalue weighted by Gasteiger charge is 2.33. The van der Waals surface area contributed by atoms with Crippen molar-refractivity contribution in [3.8, 4) is 0 Å². The van der Waals surface area contributed by atoms with Crippen LogP contribution >= 0.6 is 50.7 Å². The molecule has 0 aromatic heterocycles. The Kier molecular flexibility index (Phi) is 5.96. The maximum Gasteiger partial charge on any atom is 0.123 e. The van der Waals surface area contributed by atoms with Crippen LogP contribution in [0.15, 0.2) is 46.9 Å². The Labute approximate surface area is 147 Å². The molecule has 0 heterocycles. The lowest BCUT2D eigenvalue weighted by Gasteiger charge is -2.31. The van der Waals surface area contributed by atoms with Crippen LogP contribution in [0.3, 0.4) is 0 Å². The molecule has 0 atom stereocenters. The van der Waals surface area contributed by atoms with Crippen LogP contribution in [0, 0.1) is 5.82 Å². The number of hydrogen-bond acceptors (Lipinski definition) is 0. The van der Waals surface area contributed by atoms with Gasteiger partial charge in [0.25, 0.3) is 0 Å². The Hall–Kier alpha value is -0.280. The largest absolute Gasteiger partial charge is 0.207 e. The normalized spacial score (nSPS) is 11.7. The highest BCUT2D eigenvalue weighted by atomic mass is 79.9. The van der Waals surface area contributed by atoms with Crippen LogP contribution in [0.2, 0.25) is 5.02 Å². The maximum absolute atomic E-state index is 13.5. The van der Waals surface area contributed by atoms with Crippen LogP contribution < -0.4 is 0 Å². The van der Waals surface area contributed by atoms with E-state index in [1.54, 1.807) is 6.07 Å². The molecular weight excluding hydrogens is 397 g/mol. The number of halogens is 5. The van der Waals surface area contributed by atoms with E-state index in [0.717, 1.165) is 10.0 Å². The van der Waals surface area contributed by atoms with Gasteiger partial charge >= 0.3 is 0 Å². The van der Waals surface area contributed by atoms with Gasteiger partial charge in [0.05, 0.1) is 0 Å². The van der Waals surface area contributed by atoms with Crippen molar-refractivity contribution in [2.24, 2.45) is 0 Å². The third-order valence-electron chi connectivity index (χ3n) is 3.49. The molecule has 2 aromatic rings. The Balaban J connectivity index is 2.48. The van der Waals surface area contributed by atoms with Crippen LogP contribution in [0.1, 0.15) is 11.1 Å². The molecule has 0 radical (unpaired) electrons. The minimum absolute atomic E-state index is 0.311. The molecule has 0 fully saturated rings. The van der Waals surface area contributed by atoms with E-state index in [1.165, 1.54) is 12.1 Å². The van der Waals surface area contributed by atoms with E-state index >= 15 is 0 Å². The van der Waals surface area contributed by atoms with Crippen molar-refractivity contribution < 1.29 is 4.39 Å². The summed E-state index contributed by atoms with van der Waals surface area (Å²) in [4.78, 5) is 0. The molecule has 2 rings (SSSR count). The first-order valence-electron chi connectivity index (χ1n) is 6.33. The number of rotatable bonds is 5. The molecule has 0 amide bonds. The fraction of sp³-hybridized carbons (Fsp3) is 0.250. The lowest BCUT2D eigenvalue weighted by Crippen LogP contribution is -2.34. The van der Waals surface area contributed by atoms with Gasteiger partial charge in [0.15, 0.2) is 0 Å². The van der Waals surface area contributed by atoms with E-state index in [-0.39, 0.29) is 5.82 Å². The maximum atomic E-state index is 13.5. The van der Waals surface area contributed by atoms with E-state index in [2.05, 4.69) is 15.9 Å². The summed E-state index contributed by atoms with van der Waals surface area (Å²) in [6.07, 6.45) is 0.471. The number of hydrogen-bond donors (Lipinski definition) is 0. The van der Waals surface area contributed by atoms with Crippen LogP contribution in [-0.4, -0.2) is 11.8 Å². The van der Waals surface area contributed by atoms with Crippen molar-refractivity contribution in [2.45, 2.75) is 11.8 Å². The average Bonchev–Trinajstić information content (AvgIpc) is 2.49. The monoisotopic (exact) mass is 408 g/mol. The molecule has 0 N–H and O–H groups in total. The summed E-state index contributed by atoms with van der Waals surface area (Å²) >= 11 is 22.2. The van der Waals surface area contributed by atoms with Crippen molar-refractivity contribution in [1.29, 1.82) is 0 Å². The second-order valence-electron chi connectivity index (χ2n) is 4.94. The van der Waals surface area contributed by atoms with Gasteiger partial charge in [-0.25, -0.2) is 4.39 Å². The summed E-state index contributed by atoms with van der Waals surface area (Å²) in [5.41, 5.74) is 1.18. The zero-order chi connectivity index (χ0) is 15.5. The standard InChI is InChI=1S/C16H13BrCl3F/c17-14-4-2-1-3-13(14)16(9-18,10-19)8-11-7-12(21)5-6-15(11)20/h1-7H,8-10H2. The van der Waals surface area contributed by atoms with Crippen LogP contribution in [-0.2, 0) is 11.8 Å². The van der Waals surface area contributed by atoms with Gasteiger partial charge in [-0.3, -0.25) is 0 Å². The summed E-state index contributed by atoms with van der Waals surface area (Å²) in [5, 5.41) is 0.517. The van der Waals surface area contributed by atoms with Gasteiger partial charge in [-0.1, -0.05) is 45.7 Å². The highest BCUT2D eigenvalue weighted by molar-refractivity contribution is 9.10. The molecule has 0 aliphatic rings. The molecule has 0 unspecified atom stereocenters. The SMILES string of the molecule is Fc1ccc(Cl)c(CC(CCl)(CCl)c2ccccc2Br)c1. The third-order valence-corrected chi connectivity index (χ3v) is 5.58. The minimum Gasteiger partial charge on any atom is -0.207 e. The predicted molar refractivity (Wildman–Crippen MR) is 92.4 cm³/mol. The van der Waals surface area contributed by atoms with Crippen LogP contribution in [0.25, 0.3) is 0 Å². The number of alkyl halides is 2. The van der Waals surface area contributed by atoms with E-state index in [9.17, 15) is 4.39 Å². The first-order chi connectivity index (χ1) is 10.0. The Morgan fingerprint density at radius 1 is 1.05 bits per heavy atom. The molecule has 5 heteroatoms. The Bertz CT molecular complexity index is 627. The minimum atomic E-state index is -0.513. The van der Waals surface area contributed by atoms with Gasteiger partial charge in [0.2, 0.25) is 0 Å². The summed E-state index contributed by atoms with van der Waals surface area (Å²) in [6.45, 7) is 0. The van der Waals surface area contributed by atoms with E-state index in [1.807, 2.05) is 24.3 Å². The van der Waals surface area contributed by atoms with Crippen molar-refractivity contribution in [3.05, 3.63) is 68.9 Å². The molecule has 0 saturated carbocycles. The molecule has 112 valence electrons. The summed E-state index contributed by atoms with van der Waals surface area (Å²) in [5.74, 6) is 0.303. The topological polar surface area (TPSA) is 0 Å². The molecule has 0 nitrogen and oxygen atoms in total. The van der Waals surface area contributed by atoms with Crippen molar-refractivity contribution in [1.82, 2.24) is 0 Å². The molecule has 2 aromatic carbocycles. The fourth-order valence-corrected chi connectivity index (χ4v) is 3.96. The lowest BCUT2D eigenvalue weighted by molar-refractivity contribution is 0.530. The van der Waals surface area contributed by atoms with E-state index < -0.39 is 5.41 Å². The third kappa shape index (κ3) is 3.73. The van der Waals surface area contributed by atoms with Crippen molar-refractivity contribution in [3.63, 3.8) is 0 Å². The van der Waals surface area contributed by atoms with Crippen molar-refractivity contribution >= 4 is 50.7 Å². The Morgan fingerprint density at radius 2 is 1.71 bits per heavy atom. The first kappa shape index (κ1) is 17.1. The lowest BCUT2D eigenvalue weighted by atomic mass is 9.78. The Morgan fingerprint density at radius 3 is 2.33 bits per heavy atom. The molecule has 0 saturated heterocycles. The average molecular weight is 411 g/mol. The molecular formula is C16H13BrCl3F. The molecule has 0 spiro atoms. The number of benzene rings is 2. The predicted octanol–water partition coefficient (Wildman–Crippen LogP) is 6.20. The quantitative estimate of drug-likeness (QED) is 0.515. The van der Waals surface area contributed by atoms with E-state index in [0.29, 0.717) is 28.8 Å². The van der Waals surface area contributed by atoms with Crippen molar-refractivity contribution in [2.75, 3.05) is 11.8 Å². The van der Waals surface area contributed by atoms with E-state index in [4.69, 9.17) is 34.8 Å². The van der Waals surface area contributed by atoms with Gasteiger partial charge in [-0.05, 0) is 41.8 Å². The smallest absolute Gasteiger partial charge is 0.123 e. The van der Waals surface area contributed by atoms with Gasteiger partial charge in [0.1, 0.15) is 5.82 Å². The summed E-state index contributed by atoms with van der Waals surface area (Å²) in [6, 6.07) is 12.1. The van der Waals surface area contributed by atoms with Crippen LogP contribution in [0.4, 0.5) is 4.39 Å². The van der Waals surface area contributed by atoms with Gasteiger partial charge in [-0.15, -0.1) is 23.2 Å². The van der Waals surface area contributed by atoms with Gasteiger partial charge < -0.3 is 0 Å².